The van der Waals surface area contributed by atoms with Crippen molar-refractivity contribution in [1.82, 2.24) is 0 Å². The molecule has 0 spiro atoms. The summed E-state index contributed by atoms with van der Waals surface area (Å²) in [7, 11) is 0. The lowest BCUT2D eigenvalue weighted by atomic mass is 9.97. The Kier molecular flexibility index (Phi) is 5.99. The Balaban J connectivity index is 1.84. The van der Waals surface area contributed by atoms with Crippen LogP contribution < -0.4 is 26.5 Å². The average Bonchev–Trinajstić information content (AvgIpc) is 3.11. The number of nitrogen functional groups attached to an aromatic ring is 2. The summed E-state index contributed by atoms with van der Waals surface area (Å²) >= 11 is 4.57. The summed E-state index contributed by atoms with van der Waals surface area (Å²) < 4.78 is 6.42. The molecule has 2 aromatic heterocycles. The van der Waals surface area contributed by atoms with Gasteiger partial charge in [-0.1, -0.05) is 39.4 Å². The maximum atomic E-state index is 13.0. The summed E-state index contributed by atoms with van der Waals surface area (Å²) in [6.07, 6.45) is 0. The summed E-state index contributed by atoms with van der Waals surface area (Å²) in [5.74, 6) is 0.591. The maximum absolute atomic E-state index is 13.0. The predicted octanol–water partition coefficient (Wildman–Crippen LogP) is 4.83. The smallest absolute Gasteiger partial charge is 0.290 e. The van der Waals surface area contributed by atoms with Crippen molar-refractivity contribution in [2.24, 2.45) is 0 Å². The monoisotopic (exact) mass is 508 g/mol. The van der Waals surface area contributed by atoms with Gasteiger partial charge in [0, 0.05) is 15.7 Å². The molecule has 7 nitrogen and oxygen atoms in total. The molecule has 32 heavy (non-hydrogen) atoms. The first-order chi connectivity index (χ1) is 15.4. The van der Waals surface area contributed by atoms with Crippen molar-refractivity contribution in [3.05, 3.63) is 63.4 Å². The van der Waals surface area contributed by atoms with E-state index in [0.29, 0.717) is 38.7 Å². The highest BCUT2D eigenvalue weighted by atomic mass is 79.9. The van der Waals surface area contributed by atoms with Crippen LogP contribution >= 0.6 is 27.3 Å². The number of carbonyl (C=O) groups excluding carboxylic acids is 1. The number of nitrogens with two attached hydrogens (primary N) is 2. The number of nitrogens with one attached hydrogen (secondary N) is 2. The van der Waals surface area contributed by atoms with Crippen LogP contribution in [0.5, 0.6) is 5.75 Å². The van der Waals surface area contributed by atoms with Gasteiger partial charge in [-0.25, -0.2) is 4.98 Å². The fourth-order valence-corrected chi connectivity index (χ4v) is 4.70. The van der Waals surface area contributed by atoms with Crippen molar-refractivity contribution < 1.29 is 14.5 Å². The number of pyridine rings is 1. The van der Waals surface area contributed by atoms with Gasteiger partial charge < -0.3 is 15.8 Å². The van der Waals surface area contributed by atoms with Gasteiger partial charge in [0.2, 0.25) is 0 Å². The maximum Gasteiger partial charge on any atom is 0.290 e. The van der Waals surface area contributed by atoms with Crippen LogP contribution in [0.15, 0.2) is 53.0 Å². The van der Waals surface area contributed by atoms with Crippen molar-refractivity contribution in [1.29, 1.82) is 5.26 Å². The number of fused-ring (bicyclic) bond motifs is 1. The second-order valence-corrected chi connectivity index (χ2v) is 8.80. The van der Waals surface area contributed by atoms with Crippen molar-refractivity contribution in [2.45, 2.75) is 6.92 Å². The van der Waals surface area contributed by atoms with E-state index in [1.807, 2.05) is 43.3 Å². The predicted molar refractivity (Wildman–Crippen MR) is 131 cm³/mol. The molecule has 9 heteroatoms. The Morgan fingerprint density at radius 3 is 2.50 bits per heavy atom. The molecule has 0 bridgehead atoms. The summed E-state index contributed by atoms with van der Waals surface area (Å²) in [5.41, 5.74) is 15.1. The third-order valence-corrected chi connectivity index (χ3v) is 6.49. The van der Waals surface area contributed by atoms with E-state index < -0.39 is 0 Å². The van der Waals surface area contributed by atoms with E-state index >= 15 is 0 Å². The zero-order valence-corrected chi connectivity index (χ0v) is 19.4. The molecule has 4 rings (SSSR count). The van der Waals surface area contributed by atoms with E-state index in [-0.39, 0.29) is 23.0 Å². The molecule has 0 saturated carbocycles. The minimum Gasteiger partial charge on any atom is -0.494 e. The van der Waals surface area contributed by atoms with Crippen LogP contribution in [-0.2, 0) is 0 Å². The van der Waals surface area contributed by atoms with E-state index in [9.17, 15) is 10.1 Å². The van der Waals surface area contributed by atoms with Crippen LogP contribution in [0.2, 0.25) is 0 Å². The fraction of sp³-hybridized carbons (Fsp3) is 0.0870. The van der Waals surface area contributed by atoms with Crippen LogP contribution in [0.1, 0.15) is 22.2 Å². The molecule has 0 aliphatic heterocycles. The van der Waals surface area contributed by atoms with E-state index in [0.717, 1.165) is 10.0 Å². The number of nitrogens with zero attached hydrogens (tertiary/aromatic N) is 1. The Labute approximate surface area is 196 Å². The number of H-pyrrole nitrogens is 1. The van der Waals surface area contributed by atoms with E-state index in [4.69, 9.17) is 16.2 Å². The fourth-order valence-electron chi connectivity index (χ4n) is 3.40. The third kappa shape index (κ3) is 3.98. The Morgan fingerprint density at radius 2 is 1.88 bits per heavy atom. The molecular formula is C23H19BrN5O2S+. The number of benzene rings is 2. The molecule has 160 valence electrons. The molecule has 2 heterocycles. The molecule has 6 N–H and O–H groups in total. The molecule has 0 aliphatic rings. The lowest BCUT2D eigenvalue weighted by Crippen LogP contribution is -2.13. The second-order valence-electron chi connectivity index (χ2n) is 6.87. The SMILES string of the molecule is CCOc1ccc(-c2c(C#N)c(N)[nH+]c3sc(C(=O)Nc4ccc(Br)cc4)c(N)c23)cc1. The number of hydrogen-bond acceptors (Lipinski definition) is 6. The largest absolute Gasteiger partial charge is 0.494 e. The summed E-state index contributed by atoms with van der Waals surface area (Å²) in [4.78, 5) is 16.9. The van der Waals surface area contributed by atoms with Crippen LogP contribution in [0, 0.1) is 11.3 Å². The molecule has 0 unspecified atom stereocenters. The quantitative estimate of drug-likeness (QED) is 0.355. The molecular weight excluding hydrogens is 490 g/mol. The highest BCUT2D eigenvalue weighted by molar-refractivity contribution is 9.10. The number of thiophene rings is 1. The van der Waals surface area contributed by atoms with Gasteiger partial charge >= 0.3 is 0 Å². The number of carbonyl (C=O) groups is 1. The lowest BCUT2D eigenvalue weighted by Gasteiger charge is -2.09. The average molecular weight is 509 g/mol. The Bertz CT molecular complexity index is 1360. The highest BCUT2D eigenvalue weighted by Crippen LogP contribution is 2.41. The minimum atomic E-state index is -0.339. The van der Waals surface area contributed by atoms with Crippen molar-refractivity contribution in [2.75, 3.05) is 23.4 Å². The normalized spacial score (nSPS) is 10.7. The number of halogens is 1. The number of nitriles is 1. The zero-order chi connectivity index (χ0) is 22.8. The van der Waals surface area contributed by atoms with E-state index in [1.54, 1.807) is 12.1 Å². The van der Waals surface area contributed by atoms with Gasteiger partial charge in [0.25, 0.3) is 11.7 Å². The first kappa shape index (κ1) is 21.6. The number of aromatic nitrogens is 1. The molecule has 1 amide bonds. The molecule has 0 radical (unpaired) electrons. The first-order valence-electron chi connectivity index (χ1n) is 9.69. The van der Waals surface area contributed by atoms with Crippen molar-refractivity contribution in [3.8, 4) is 22.9 Å². The summed E-state index contributed by atoms with van der Waals surface area (Å²) in [6, 6.07) is 16.7. The topological polar surface area (TPSA) is 128 Å². The Hall–Kier alpha value is -3.61. The van der Waals surface area contributed by atoms with E-state index in [1.165, 1.54) is 11.3 Å². The number of amides is 1. The number of rotatable bonds is 5. The number of hydrogen-bond donors (Lipinski definition) is 3. The second kappa shape index (κ2) is 8.86. The lowest BCUT2D eigenvalue weighted by molar-refractivity contribution is -0.323. The standard InChI is InChI=1S/C23H18BrN5O2S/c1-2-31-15-9-3-12(4-10-15)17-16(11-25)21(27)29-23-18(17)19(26)20(32-23)22(30)28-14-7-5-13(24)6-8-14/h3-10H,2,26H2,1H3,(H2,27,29)(H,28,30)/p+1. The third-order valence-electron chi connectivity index (χ3n) is 4.84. The van der Waals surface area contributed by atoms with Crippen LogP contribution in [0.3, 0.4) is 0 Å². The Morgan fingerprint density at radius 1 is 1.19 bits per heavy atom. The number of anilines is 3. The van der Waals surface area contributed by atoms with Crippen LogP contribution in [-0.4, -0.2) is 12.5 Å². The van der Waals surface area contributed by atoms with Crippen molar-refractivity contribution in [3.63, 3.8) is 0 Å². The minimum absolute atomic E-state index is 0.213. The molecule has 0 saturated heterocycles. The summed E-state index contributed by atoms with van der Waals surface area (Å²) in [5, 5.41) is 13.2. The van der Waals surface area contributed by atoms with Gasteiger partial charge in [0.1, 0.15) is 22.3 Å². The van der Waals surface area contributed by atoms with Gasteiger partial charge in [0.05, 0.1) is 17.7 Å². The van der Waals surface area contributed by atoms with Crippen LogP contribution in [0.25, 0.3) is 21.3 Å². The van der Waals surface area contributed by atoms with Gasteiger partial charge in [0.15, 0.2) is 4.83 Å². The van der Waals surface area contributed by atoms with Gasteiger partial charge in [-0.05, 0) is 48.9 Å². The number of ether oxygens (including phenoxy) is 1. The molecule has 0 fully saturated rings. The molecule has 4 aromatic rings. The molecule has 0 aliphatic carbocycles. The first-order valence-corrected chi connectivity index (χ1v) is 11.3. The zero-order valence-electron chi connectivity index (χ0n) is 17.0. The molecule has 0 atom stereocenters. The van der Waals surface area contributed by atoms with Gasteiger partial charge in [-0.15, -0.1) is 0 Å². The number of aromatic amines is 1. The van der Waals surface area contributed by atoms with Crippen LogP contribution in [0.4, 0.5) is 17.2 Å². The van der Waals surface area contributed by atoms with Crippen molar-refractivity contribution >= 4 is 60.6 Å². The van der Waals surface area contributed by atoms with Gasteiger partial charge in [-0.3, -0.25) is 10.5 Å². The molecule has 2 aromatic carbocycles. The summed E-state index contributed by atoms with van der Waals surface area (Å²) in [6.45, 7) is 2.46. The van der Waals surface area contributed by atoms with Gasteiger partial charge in [-0.2, -0.15) is 5.26 Å². The van der Waals surface area contributed by atoms with E-state index in [2.05, 4.69) is 32.3 Å². The highest BCUT2D eigenvalue weighted by Gasteiger charge is 2.26.